The highest BCUT2D eigenvalue weighted by Gasteiger charge is 2.36. The van der Waals surface area contributed by atoms with Crippen molar-refractivity contribution in [3.05, 3.63) is 42.4 Å². The Balaban J connectivity index is 0.000000207. The zero-order valence-electron chi connectivity index (χ0n) is 12.5. The van der Waals surface area contributed by atoms with Crippen molar-refractivity contribution in [2.24, 2.45) is 11.8 Å². The minimum absolute atomic E-state index is 0.0922. The molecule has 2 fully saturated rings. The Hall–Kier alpha value is -2.41. The number of aliphatic carboxylic acids is 1. The summed E-state index contributed by atoms with van der Waals surface area (Å²) in [6, 6.07) is 7.08. The summed E-state index contributed by atoms with van der Waals surface area (Å²) in [5.74, 6) is 0.187. The molecule has 0 radical (unpaired) electrons. The molecule has 2 unspecified atom stereocenters. The first-order valence-corrected chi connectivity index (χ1v) is 7.30. The number of hydrogen-bond donors (Lipinski definition) is 2. The van der Waals surface area contributed by atoms with Crippen molar-refractivity contribution in [2.75, 3.05) is 31.1 Å². The fourth-order valence-electron chi connectivity index (χ4n) is 2.89. The van der Waals surface area contributed by atoms with Crippen molar-refractivity contribution in [3.63, 3.8) is 0 Å². The molecule has 6 nitrogen and oxygen atoms in total. The third-order valence-electron chi connectivity index (χ3n) is 3.93. The molecule has 2 N–H and O–H groups in total. The summed E-state index contributed by atoms with van der Waals surface area (Å²) in [5.41, 5.74) is 0.770. The van der Waals surface area contributed by atoms with Gasteiger partial charge in [-0.25, -0.2) is 9.18 Å². The molecule has 2 aliphatic rings. The number of carbonyl (C=O) groups excluding carboxylic acids is 1. The minimum atomic E-state index is -1.15. The summed E-state index contributed by atoms with van der Waals surface area (Å²) in [4.78, 5) is 21.1. The Morgan fingerprint density at radius 3 is 2.52 bits per heavy atom. The lowest BCUT2D eigenvalue weighted by Gasteiger charge is -2.20. The number of nitrogens with zero attached hydrogens (tertiary/aromatic N) is 1. The molecule has 2 aliphatic heterocycles. The molecule has 1 aromatic carbocycles. The number of carboxylic acids is 1. The topological polar surface area (TPSA) is 78.9 Å². The molecular formula is C16H19FN2O4. The number of rotatable bonds is 4. The maximum atomic E-state index is 13.6. The van der Waals surface area contributed by atoms with E-state index in [9.17, 15) is 14.0 Å². The van der Waals surface area contributed by atoms with Crippen LogP contribution in [0.4, 0.5) is 10.1 Å². The normalized spacial score (nSPS) is 22.4. The van der Waals surface area contributed by atoms with Crippen LogP contribution in [0, 0.1) is 17.7 Å². The first kappa shape index (κ1) is 17.0. The van der Waals surface area contributed by atoms with Crippen molar-refractivity contribution < 1.29 is 23.8 Å². The first-order valence-electron chi connectivity index (χ1n) is 7.30. The standard InChI is InChI=1S/C12H15FN2.C4H4O4/c13-11-3-1-2-4-12(11)15-7-9-5-14-6-10(9)8-15;5-3-8-2-1-4(6)7/h1-4,9-10,14H,5-8H2;1-3H,(H,6,7)/b;2-1-. The number of carboxylic acid groups (broad SMARTS) is 1. The molecule has 2 saturated heterocycles. The second-order valence-electron chi connectivity index (χ2n) is 5.41. The summed E-state index contributed by atoms with van der Waals surface area (Å²) < 4.78 is 17.5. The van der Waals surface area contributed by atoms with Crippen LogP contribution in [-0.4, -0.2) is 43.7 Å². The molecule has 0 aliphatic carbocycles. The van der Waals surface area contributed by atoms with Gasteiger partial charge in [-0.05, 0) is 24.0 Å². The molecule has 0 bridgehead atoms. The smallest absolute Gasteiger partial charge is 0.331 e. The van der Waals surface area contributed by atoms with Crippen molar-refractivity contribution in [3.8, 4) is 0 Å². The van der Waals surface area contributed by atoms with E-state index in [1.807, 2.05) is 12.1 Å². The van der Waals surface area contributed by atoms with Crippen LogP contribution >= 0.6 is 0 Å². The van der Waals surface area contributed by atoms with Gasteiger partial charge in [0.25, 0.3) is 6.47 Å². The second kappa shape index (κ2) is 8.28. The van der Waals surface area contributed by atoms with Crippen molar-refractivity contribution >= 4 is 18.1 Å². The molecular weight excluding hydrogens is 303 g/mol. The summed E-state index contributed by atoms with van der Waals surface area (Å²) in [6.07, 6.45) is 1.50. The van der Waals surface area contributed by atoms with Gasteiger partial charge in [-0.3, -0.25) is 4.79 Å². The largest absolute Gasteiger partial charge is 0.478 e. The van der Waals surface area contributed by atoms with Gasteiger partial charge in [0.05, 0.1) is 11.8 Å². The van der Waals surface area contributed by atoms with Crippen LogP contribution in [0.25, 0.3) is 0 Å². The number of halogens is 1. The lowest BCUT2D eigenvalue weighted by molar-refractivity contribution is -0.131. The van der Waals surface area contributed by atoms with Crippen LogP contribution < -0.4 is 10.2 Å². The Kier molecular flexibility index (Phi) is 6.10. The number of benzene rings is 1. The lowest BCUT2D eigenvalue weighted by Crippen LogP contribution is -2.26. The predicted octanol–water partition coefficient (Wildman–Crippen LogP) is 1.24. The monoisotopic (exact) mass is 322 g/mol. The van der Waals surface area contributed by atoms with Gasteiger partial charge < -0.3 is 20.1 Å². The van der Waals surface area contributed by atoms with Gasteiger partial charge in [0.15, 0.2) is 0 Å². The number of nitrogens with one attached hydrogen (secondary N) is 1. The SMILES string of the molecule is Fc1ccccc1N1CC2CNCC2C1.O=CO/C=C\C(=O)O. The van der Waals surface area contributed by atoms with Gasteiger partial charge in [-0.1, -0.05) is 12.1 Å². The summed E-state index contributed by atoms with van der Waals surface area (Å²) in [6.45, 7) is 4.32. The van der Waals surface area contributed by atoms with E-state index in [2.05, 4.69) is 15.0 Å². The van der Waals surface area contributed by atoms with Gasteiger partial charge in [-0.2, -0.15) is 0 Å². The highest BCUT2D eigenvalue weighted by molar-refractivity contribution is 5.79. The third-order valence-corrected chi connectivity index (χ3v) is 3.93. The van der Waals surface area contributed by atoms with E-state index in [1.165, 1.54) is 0 Å². The number of hydrogen-bond acceptors (Lipinski definition) is 5. The maximum Gasteiger partial charge on any atom is 0.331 e. The van der Waals surface area contributed by atoms with Crippen molar-refractivity contribution in [1.29, 1.82) is 0 Å². The molecule has 124 valence electrons. The van der Waals surface area contributed by atoms with Crippen molar-refractivity contribution in [2.45, 2.75) is 0 Å². The molecule has 7 heteroatoms. The molecule has 1 aromatic rings. The molecule has 0 aromatic heterocycles. The molecule has 2 heterocycles. The van der Waals surface area contributed by atoms with Gasteiger partial charge in [0.1, 0.15) is 12.1 Å². The van der Waals surface area contributed by atoms with Crippen LogP contribution in [0.2, 0.25) is 0 Å². The molecule has 0 amide bonds. The van der Waals surface area contributed by atoms with Crippen LogP contribution in [0.15, 0.2) is 36.6 Å². The lowest BCUT2D eigenvalue weighted by atomic mass is 10.0. The van der Waals surface area contributed by atoms with E-state index in [0.717, 1.165) is 38.1 Å². The van der Waals surface area contributed by atoms with Crippen LogP contribution in [0.1, 0.15) is 0 Å². The maximum absolute atomic E-state index is 13.6. The van der Waals surface area contributed by atoms with E-state index in [4.69, 9.17) is 5.11 Å². The van der Waals surface area contributed by atoms with Gasteiger partial charge in [-0.15, -0.1) is 0 Å². The Morgan fingerprint density at radius 2 is 1.96 bits per heavy atom. The van der Waals surface area contributed by atoms with E-state index in [-0.39, 0.29) is 12.3 Å². The second-order valence-corrected chi connectivity index (χ2v) is 5.41. The number of ether oxygens (including phenoxy) is 1. The predicted molar refractivity (Wildman–Crippen MR) is 82.4 cm³/mol. The molecule has 0 spiro atoms. The van der Waals surface area contributed by atoms with E-state index in [0.29, 0.717) is 17.9 Å². The van der Waals surface area contributed by atoms with Gasteiger partial charge >= 0.3 is 5.97 Å². The van der Waals surface area contributed by atoms with Crippen molar-refractivity contribution in [1.82, 2.24) is 5.32 Å². The highest BCUT2D eigenvalue weighted by atomic mass is 19.1. The number of fused-ring (bicyclic) bond motifs is 1. The Labute approximate surface area is 133 Å². The summed E-state index contributed by atoms with van der Waals surface area (Å²) in [7, 11) is 0. The highest BCUT2D eigenvalue weighted by Crippen LogP contribution is 2.31. The van der Waals surface area contributed by atoms with Crippen LogP contribution in [-0.2, 0) is 14.3 Å². The average Bonchev–Trinajstić information content (AvgIpc) is 3.10. The number of anilines is 1. The Bertz CT molecular complexity index is 567. The van der Waals surface area contributed by atoms with E-state index < -0.39 is 5.97 Å². The number of para-hydroxylation sites is 1. The summed E-state index contributed by atoms with van der Waals surface area (Å²) in [5, 5.41) is 11.2. The molecule has 2 atom stereocenters. The van der Waals surface area contributed by atoms with Crippen LogP contribution in [0.5, 0.6) is 0 Å². The fourth-order valence-corrected chi connectivity index (χ4v) is 2.89. The minimum Gasteiger partial charge on any atom is -0.478 e. The first-order chi connectivity index (χ1) is 11.1. The van der Waals surface area contributed by atoms with E-state index in [1.54, 1.807) is 12.1 Å². The fraction of sp³-hybridized carbons (Fsp3) is 0.375. The molecule has 23 heavy (non-hydrogen) atoms. The Morgan fingerprint density at radius 1 is 1.30 bits per heavy atom. The van der Waals surface area contributed by atoms with Gasteiger partial charge in [0, 0.05) is 26.2 Å². The third kappa shape index (κ3) is 4.79. The van der Waals surface area contributed by atoms with Crippen LogP contribution in [0.3, 0.4) is 0 Å². The number of carbonyl (C=O) groups is 2. The van der Waals surface area contributed by atoms with E-state index >= 15 is 0 Å². The van der Waals surface area contributed by atoms with Gasteiger partial charge in [0.2, 0.25) is 0 Å². The zero-order valence-corrected chi connectivity index (χ0v) is 12.5. The zero-order chi connectivity index (χ0) is 16.7. The summed E-state index contributed by atoms with van der Waals surface area (Å²) >= 11 is 0. The molecule has 3 rings (SSSR count). The molecule has 0 saturated carbocycles. The quantitative estimate of drug-likeness (QED) is 0.493. The average molecular weight is 322 g/mol.